The number of Topliss-reactive ketones (excluding diaryl/α,β-unsaturated/α-hetero) is 1. The van der Waals surface area contributed by atoms with Gasteiger partial charge in [-0.05, 0) is 36.4 Å². The smallest absolute Gasteiger partial charge is 0.231 e. The van der Waals surface area contributed by atoms with Gasteiger partial charge in [-0.25, -0.2) is 0 Å². The molecule has 31 heavy (non-hydrogen) atoms. The van der Waals surface area contributed by atoms with E-state index in [-0.39, 0.29) is 42.1 Å². The molecule has 3 heterocycles. The number of ether oxygens (including phenoxy) is 1. The second-order valence-corrected chi connectivity index (χ2v) is 7.78. The van der Waals surface area contributed by atoms with Gasteiger partial charge in [0.2, 0.25) is 5.78 Å². The molecule has 1 saturated heterocycles. The maximum Gasteiger partial charge on any atom is 0.231 e. The fourth-order valence-corrected chi connectivity index (χ4v) is 4.09. The Morgan fingerprint density at radius 3 is 2.71 bits per heavy atom. The average molecular weight is 483 g/mol. The zero-order valence-electron chi connectivity index (χ0n) is 16.5. The Morgan fingerprint density at radius 2 is 1.94 bits per heavy atom. The van der Waals surface area contributed by atoms with Crippen LogP contribution in [0.4, 0.5) is 0 Å². The molecule has 1 fully saturated rings. The first kappa shape index (κ1) is 23.4. The van der Waals surface area contributed by atoms with Crippen molar-refractivity contribution in [3.63, 3.8) is 0 Å². The van der Waals surface area contributed by atoms with E-state index in [0.29, 0.717) is 28.4 Å². The molecule has 0 atom stereocenters. The second-order valence-electron chi connectivity index (χ2n) is 7.34. The van der Waals surface area contributed by atoms with Crippen LogP contribution in [0.2, 0.25) is 5.02 Å². The summed E-state index contributed by atoms with van der Waals surface area (Å²) in [6.45, 7) is 4.12. The fourth-order valence-electron chi connectivity index (χ4n) is 3.92. The number of hydrogen-bond donors (Lipinski definition) is 3. The van der Waals surface area contributed by atoms with Crippen LogP contribution in [0.3, 0.4) is 0 Å². The van der Waals surface area contributed by atoms with Crippen LogP contribution in [0.1, 0.15) is 21.5 Å². The van der Waals surface area contributed by atoms with Gasteiger partial charge in [0.15, 0.2) is 5.76 Å². The summed E-state index contributed by atoms with van der Waals surface area (Å²) in [5.74, 6) is 0.666. The molecule has 2 aliphatic rings. The van der Waals surface area contributed by atoms with Gasteiger partial charge < -0.3 is 20.1 Å². The molecule has 0 spiro atoms. The van der Waals surface area contributed by atoms with Crippen molar-refractivity contribution >= 4 is 59.2 Å². The molecule has 3 N–H and O–H groups in total. The zero-order chi connectivity index (χ0) is 20.0. The lowest BCUT2D eigenvalue weighted by molar-refractivity contribution is 0.101. The molecule has 3 aromatic rings. The Kier molecular flexibility index (Phi) is 7.19. The molecule has 2 aliphatic heterocycles. The van der Waals surface area contributed by atoms with Gasteiger partial charge in [-0.3, -0.25) is 9.69 Å². The first-order chi connectivity index (χ1) is 14.1. The Hall–Kier alpha value is -2.22. The molecule has 2 aromatic carbocycles. The molecule has 1 aromatic heterocycles. The third kappa shape index (κ3) is 4.40. The van der Waals surface area contributed by atoms with Gasteiger partial charge in [0.05, 0.1) is 11.1 Å². The second kappa shape index (κ2) is 9.51. The molecule has 164 valence electrons. The Balaban J connectivity index is 0.00000136. The first-order valence-electron chi connectivity index (χ1n) is 9.59. The summed E-state index contributed by atoms with van der Waals surface area (Å²) in [6.07, 6.45) is 3.55. The van der Waals surface area contributed by atoms with E-state index in [1.165, 1.54) is 0 Å². The van der Waals surface area contributed by atoms with Crippen LogP contribution >= 0.6 is 36.4 Å². The van der Waals surface area contributed by atoms with Crippen molar-refractivity contribution in [1.82, 2.24) is 15.2 Å². The minimum absolute atomic E-state index is 0. The van der Waals surface area contributed by atoms with Gasteiger partial charge in [-0.1, -0.05) is 11.6 Å². The SMILES string of the molecule is Cl.Cl.O=C1C(=Cc2c[nH]c3ccc(Cl)cc23)Oc2c1ccc(O)c2CN1CCNCC1. The van der Waals surface area contributed by atoms with Crippen molar-refractivity contribution < 1.29 is 14.6 Å². The molecule has 0 radical (unpaired) electrons. The van der Waals surface area contributed by atoms with Crippen LogP contribution in [0.15, 0.2) is 42.3 Å². The summed E-state index contributed by atoms with van der Waals surface area (Å²) in [7, 11) is 0. The highest BCUT2D eigenvalue weighted by Gasteiger charge is 2.32. The number of benzene rings is 2. The molecule has 0 saturated carbocycles. The maximum absolute atomic E-state index is 12.9. The van der Waals surface area contributed by atoms with E-state index in [2.05, 4.69) is 15.2 Å². The average Bonchev–Trinajstić information content (AvgIpc) is 3.26. The minimum Gasteiger partial charge on any atom is -0.507 e. The molecule has 6 nitrogen and oxygen atoms in total. The molecule has 9 heteroatoms. The fraction of sp³-hybridized carbons (Fsp3) is 0.227. The highest BCUT2D eigenvalue weighted by atomic mass is 35.5. The van der Waals surface area contributed by atoms with Crippen LogP contribution in [-0.2, 0) is 6.54 Å². The number of phenols is 1. The lowest BCUT2D eigenvalue weighted by Crippen LogP contribution is -2.42. The van der Waals surface area contributed by atoms with Crippen molar-refractivity contribution in [2.45, 2.75) is 6.54 Å². The standard InChI is InChI=1S/C22H20ClN3O3.2ClH/c23-14-1-3-18-16(10-14)13(11-25-18)9-20-21(28)15-2-4-19(27)17(22(15)29-20)12-26-7-5-24-6-8-26;;/h1-4,9-11,24-25,27H,5-8,12H2;2*1H. The van der Waals surface area contributed by atoms with Crippen molar-refractivity contribution in [3.8, 4) is 11.5 Å². The minimum atomic E-state index is -0.182. The quantitative estimate of drug-likeness (QED) is 0.483. The van der Waals surface area contributed by atoms with E-state index >= 15 is 0 Å². The van der Waals surface area contributed by atoms with Crippen LogP contribution in [-0.4, -0.2) is 47.0 Å². The van der Waals surface area contributed by atoms with Crippen LogP contribution < -0.4 is 10.1 Å². The molecule has 0 amide bonds. The number of carbonyl (C=O) groups excluding carboxylic acids is 1. The summed E-state index contributed by atoms with van der Waals surface area (Å²) in [5, 5.41) is 15.3. The number of aromatic hydroxyl groups is 1. The van der Waals surface area contributed by atoms with E-state index in [9.17, 15) is 9.90 Å². The van der Waals surface area contributed by atoms with Crippen molar-refractivity contribution in [3.05, 3.63) is 64.0 Å². The lowest BCUT2D eigenvalue weighted by Gasteiger charge is -2.27. The third-order valence-corrected chi connectivity index (χ3v) is 5.71. The number of allylic oxidation sites excluding steroid dienone is 1. The first-order valence-corrected chi connectivity index (χ1v) is 9.97. The monoisotopic (exact) mass is 481 g/mol. The van der Waals surface area contributed by atoms with E-state index in [0.717, 1.165) is 42.6 Å². The Labute approximate surface area is 197 Å². The number of fused-ring (bicyclic) bond motifs is 2. The number of H-pyrrole nitrogens is 1. The molecule has 0 unspecified atom stereocenters. The van der Waals surface area contributed by atoms with Gasteiger partial charge in [0.1, 0.15) is 11.5 Å². The summed E-state index contributed by atoms with van der Waals surface area (Å²) in [4.78, 5) is 18.4. The van der Waals surface area contributed by atoms with Crippen molar-refractivity contribution in [2.75, 3.05) is 26.2 Å². The predicted octanol–water partition coefficient (Wildman–Crippen LogP) is 4.39. The van der Waals surface area contributed by atoms with E-state index in [4.69, 9.17) is 16.3 Å². The van der Waals surface area contributed by atoms with Crippen molar-refractivity contribution in [2.24, 2.45) is 0 Å². The Bertz CT molecular complexity index is 1150. The maximum atomic E-state index is 12.9. The van der Waals surface area contributed by atoms with Gasteiger partial charge in [-0.2, -0.15) is 0 Å². The molecule has 0 bridgehead atoms. The van der Waals surface area contributed by atoms with Crippen LogP contribution in [0.25, 0.3) is 17.0 Å². The number of hydrogen-bond acceptors (Lipinski definition) is 5. The molecular weight excluding hydrogens is 461 g/mol. The van der Waals surface area contributed by atoms with Gasteiger partial charge in [0.25, 0.3) is 0 Å². The summed E-state index contributed by atoms with van der Waals surface area (Å²) in [6, 6.07) is 8.77. The number of nitrogens with zero attached hydrogens (tertiary/aromatic N) is 1. The summed E-state index contributed by atoms with van der Waals surface area (Å²) >= 11 is 6.13. The normalized spacial score (nSPS) is 17.2. The number of halogens is 3. The lowest BCUT2D eigenvalue weighted by atomic mass is 10.0. The number of aromatic nitrogens is 1. The van der Waals surface area contributed by atoms with Gasteiger partial charge >= 0.3 is 0 Å². The Morgan fingerprint density at radius 1 is 1.16 bits per heavy atom. The summed E-state index contributed by atoms with van der Waals surface area (Å²) in [5.41, 5.74) is 2.90. The van der Waals surface area contributed by atoms with E-state index in [1.54, 1.807) is 18.2 Å². The largest absolute Gasteiger partial charge is 0.507 e. The zero-order valence-corrected chi connectivity index (χ0v) is 18.9. The number of nitrogens with one attached hydrogen (secondary N) is 2. The number of carbonyl (C=O) groups is 1. The summed E-state index contributed by atoms with van der Waals surface area (Å²) < 4.78 is 5.99. The van der Waals surface area contributed by atoms with E-state index in [1.807, 2.05) is 24.4 Å². The molecule has 5 rings (SSSR count). The third-order valence-electron chi connectivity index (χ3n) is 5.47. The highest BCUT2D eigenvalue weighted by Crippen LogP contribution is 2.40. The number of phenolic OH excluding ortho intramolecular Hbond substituents is 1. The predicted molar refractivity (Wildman–Crippen MR) is 127 cm³/mol. The van der Waals surface area contributed by atoms with E-state index < -0.39 is 0 Å². The number of piperazine rings is 1. The topological polar surface area (TPSA) is 77.6 Å². The van der Waals surface area contributed by atoms with Crippen LogP contribution in [0.5, 0.6) is 11.5 Å². The number of aromatic amines is 1. The highest BCUT2D eigenvalue weighted by molar-refractivity contribution is 6.31. The van der Waals surface area contributed by atoms with Crippen molar-refractivity contribution in [1.29, 1.82) is 0 Å². The number of ketones is 1. The van der Waals surface area contributed by atoms with Gasteiger partial charge in [-0.15, -0.1) is 24.8 Å². The van der Waals surface area contributed by atoms with Gasteiger partial charge in [0, 0.05) is 60.4 Å². The molecule has 0 aliphatic carbocycles. The van der Waals surface area contributed by atoms with Crippen LogP contribution in [0, 0.1) is 0 Å². The molecular formula is C22H22Cl3N3O3. The number of rotatable bonds is 3.